The van der Waals surface area contributed by atoms with Crippen LogP contribution in [0.1, 0.15) is 29.7 Å². The number of carboxylic acid groups (broad SMARTS) is 1. The summed E-state index contributed by atoms with van der Waals surface area (Å²) in [4.78, 5) is 23.8. The van der Waals surface area contributed by atoms with Gasteiger partial charge in [0.15, 0.2) is 0 Å². The Morgan fingerprint density at radius 2 is 2.00 bits per heavy atom. The van der Waals surface area contributed by atoms with Gasteiger partial charge in [0.05, 0.1) is 10.5 Å². The number of fused-ring (bicyclic) bond motifs is 3. The van der Waals surface area contributed by atoms with E-state index >= 15 is 0 Å². The lowest BCUT2D eigenvalue weighted by atomic mass is 9.91. The maximum absolute atomic E-state index is 14.0. The molecule has 0 unspecified atom stereocenters. The second-order valence-corrected chi connectivity index (χ2v) is 8.09. The van der Waals surface area contributed by atoms with E-state index in [9.17, 15) is 19.1 Å². The fourth-order valence-corrected chi connectivity index (χ4v) is 4.64. The Morgan fingerprint density at radius 3 is 2.73 bits per heavy atom. The maximum atomic E-state index is 14.0. The molecule has 2 aromatic carbocycles. The number of carbonyl (C=O) groups excluding carboxylic acids is 1. The molecule has 156 valence electrons. The van der Waals surface area contributed by atoms with Gasteiger partial charge >= 0.3 is 5.97 Å². The number of aliphatic carboxylic acids is 1. The number of rotatable bonds is 6. The maximum Gasteiger partial charge on any atom is 0.323 e. The number of halogens is 2. The number of benzene rings is 2. The zero-order valence-corrected chi connectivity index (χ0v) is 17.1. The first-order valence-electron chi connectivity index (χ1n) is 9.96. The zero-order chi connectivity index (χ0) is 21.3. The number of carbonyl (C=O) groups is 2. The van der Waals surface area contributed by atoms with Gasteiger partial charge in [-0.15, -0.1) is 0 Å². The molecule has 1 atom stereocenters. The van der Waals surface area contributed by atoms with Gasteiger partial charge < -0.3 is 15.0 Å². The quantitative estimate of drug-likeness (QED) is 0.620. The largest absolute Gasteiger partial charge is 0.480 e. The van der Waals surface area contributed by atoms with Crippen LogP contribution in [0.15, 0.2) is 42.5 Å². The van der Waals surface area contributed by atoms with E-state index in [0.717, 1.165) is 16.8 Å². The summed E-state index contributed by atoms with van der Waals surface area (Å²) in [5, 5.41) is 13.2. The van der Waals surface area contributed by atoms with Crippen LogP contribution in [0.25, 0.3) is 10.9 Å². The van der Waals surface area contributed by atoms with Crippen LogP contribution in [0, 0.1) is 5.82 Å². The number of hydrogen-bond acceptors (Lipinski definition) is 2. The molecule has 1 aromatic heterocycles. The Morgan fingerprint density at radius 1 is 1.23 bits per heavy atom. The van der Waals surface area contributed by atoms with E-state index in [4.69, 9.17) is 11.6 Å². The molecule has 3 aromatic rings. The molecule has 0 radical (unpaired) electrons. The van der Waals surface area contributed by atoms with E-state index in [-0.39, 0.29) is 23.5 Å². The lowest BCUT2D eigenvalue weighted by Gasteiger charge is -2.25. The van der Waals surface area contributed by atoms with E-state index in [0.29, 0.717) is 43.0 Å². The van der Waals surface area contributed by atoms with E-state index < -0.39 is 11.8 Å². The number of nitrogens with one attached hydrogen (secondary N) is 1. The minimum atomic E-state index is -0.980. The highest BCUT2D eigenvalue weighted by atomic mass is 35.5. The van der Waals surface area contributed by atoms with Crippen LogP contribution in [0.5, 0.6) is 0 Å². The molecule has 1 aliphatic rings. The Bertz CT molecular complexity index is 1110. The molecule has 2 N–H and O–H groups in total. The van der Waals surface area contributed by atoms with Crippen molar-refractivity contribution in [3.8, 4) is 0 Å². The molecule has 1 aliphatic carbocycles. The average molecular weight is 429 g/mol. The van der Waals surface area contributed by atoms with Crippen LogP contribution in [0.4, 0.5) is 4.39 Å². The third-order valence-corrected chi connectivity index (χ3v) is 5.91. The summed E-state index contributed by atoms with van der Waals surface area (Å²) in [6, 6.07) is 12.4. The van der Waals surface area contributed by atoms with Gasteiger partial charge in [0.2, 0.25) is 5.91 Å². The Balaban J connectivity index is 1.54. The Hall–Kier alpha value is -2.86. The molecule has 7 heteroatoms. The highest BCUT2D eigenvalue weighted by Crippen LogP contribution is 2.36. The number of aromatic nitrogens is 1. The smallest absolute Gasteiger partial charge is 0.323 e. The molecule has 4 rings (SSSR count). The molecule has 0 saturated heterocycles. The summed E-state index contributed by atoms with van der Waals surface area (Å²) in [5.74, 6) is -1.46. The fourth-order valence-electron chi connectivity index (χ4n) is 4.33. The molecule has 1 amide bonds. The van der Waals surface area contributed by atoms with Crippen LogP contribution in [-0.4, -0.2) is 27.6 Å². The highest BCUT2D eigenvalue weighted by Gasteiger charge is 2.28. The fraction of sp³-hybridized carbons (Fsp3) is 0.304. The Labute approximate surface area is 178 Å². The molecule has 0 fully saturated rings. The summed E-state index contributed by atoms with van der Waals surface area (Å²) in [7, 11) is 0. The number of amides is 1. The molecular formula is C23H22ClFN2O3. The van der Waals surface area contributed by atoms with Crippen LogP contribution in [-0.2, 0) is 35.4 Å². The first-order chi connectivity index (χ1) is 14.4. The summed E-state index contributed by atoms with van der Waals surface area (Å²) >= 11 is 6.27. The van der Waals surface area contributed by atoms with Crippen LogP contribution in [0.3, 0.4) is 0 Å². The van der Waals surface area contributed by atoms with E-state index in [1.54, 1.807) is 4.57 Å². The standard InChI is InChI=1S/C23H22ClFN2O3/c24-19-11-15(25)10-18-17-12-16(7-8-20(17)27(23(18)19)13-22(29)30)26-21(28)9-6-14-4-2-1-3-5-14/h1-5,10-11,16H,6-9,12-13H2,(H,26,28)(H,29,30)/t16-/m1/s1. The van der Waals surface area contributed by atoms with Crippen molar-refractivity contribution in [3.63, 3.8) is 0 Å². The molecule has 0 saturated carbocycles. The minimum Gasteiger partial charge on any atom is -0.480 e. The van der Waals surface area contributed by atoms with Crippen molar-refractivity contribution in [2.24, 2.45) is 0 Å². The van der Waals surface area contributed by atoms with Gasteiger partial charge in [0.25, 0.3) is 0 Å². The van der Waals surface area contributed by atoms with Crippen molar-refractivity contribution in [3.05, 3.63) is 70.1 Å². The molecule has 5 nitrogen and oxygen atoms in total. The van der Waals surface area contributed by atoms with Gasteiger partial charge in [-0.05, 0) is 48.9 Å². The van der Waals surface area contributed by atoms with Gasteiger partial charge in [0, 0.05) is 23.5 Å². The van der Waals surface area contributed by atoms with Crippen molar-refractivity contribution in [2.45, 2.75) is 44.7 Å². The van der Waals surface area contributed by atoms with Gasteiger partial charge in [-0.25, -0.2) is 4.39 Å². The van der Waals surface area contributed by atoms with Gasteiger partial charge in [-0.2, -0.15) is 0 Å². The molecule has 30 heavy (non-hydrogen) atoms. The molecular weight excluding hydrogens is 407 g/mol. The Kier molecular flexibility index (Phi) is 5.77. The third-order valence-electron chi connectivity index (χ3n) is 5.62. The second-order valence-electron chi connectivity index (χ2n) is 7.68. The molecule has 0 spiro atoms. The van der Waals surface area contributed by atoms with Crippen molar-refractivity contribution in [1.29, 1.82) is 0 Å². The van der Waals surface area contributed by atoms with Crippen molar-refractivity contribution >= 4 is 34.4 Å². The number of hydrogen-bond donors (Lipinski definition) is 2. The van der Waals surface area contributed by atoms with Gasteiger partial charge in [-0.1, -0.05) is 41.9 Å². The van der Waals surface area contributed by atoms with Gasteiger partial charge in [0.1, 0.15) is 12.4 Å². The monoisotopic (exact) mass is 428 g/mol. The first-order valence-corrected chi connectivity index (χ1v) is 10.3. The third kappa shape index (κ3) is 4.19. The van der Waals surface area contributed by atoms with Crippen LogP contribution >= 0.6 is 11.6 Å². The predicted molar refractivity (Wildman–Crippen MR) is 113 cm³/mol. The van der Waals surface area contributed by atoms with E-state index in [2.05, 4.69) is 5.32 Å². The van der Waals surface area contributed by atoms with Crippen molar-refractivity contribution in [1.82, 2.24) is 9.88 Å². The molecule has 0 aliphatic heterocycles. The number of nitrogens with zero attached hydrogens (tertiary/aromatic N) is 1. The lowest BCUT2D eigenvalue weighted by Crippen LogP contribution is -2.39. The first kappa shape index (κ1) is 20.4. The highest BCUT2D eigenvalue weighted by molar-refractivity contribution is 6.35. The zero-order valence-electron chi connectivity index (χ0n) is 16.3. The minimum absolute atomic E-state index is 0.0224. The summed E-state index contributed by atoms with van der Waals surface area (Å²) in [5.41, 5.74) is 3.38. The summed E-state index contributed by atoms with van der Waals surface area (Å²) in [6.45, 7) is -0.231. The topological polar surface area (TPSA) is 71.3 Å². The average Bonchev–Trinajstić information content (AvgIpc) is 3.00. The number of aryl methyl sites for hydroxylation is 1. The van der Waals surface area contributed by atoms with Gasteiger partial charge in [-0.3, -0.25) is 9.59 Å². The van der Waals surface area contributed by atoms with Crippen LogP contribution < -0.4 is 5.32 Å². The SMILES string of the molecule is O=C(O)Cn1c2c(c3cc(F)cc(Cl)c31)C[C@H](NC(=O)CCc1ccccc1)CC2. The lowest BCUT2D eigenvalue weighted by molar-refractivity contribution is -0.137. The molecule has 0 bridgehead atoms. The summed E-state index contributed by atoms with van der Waals surface area (Å²) < 4.78 is 15.7. The van der Waals surface area contributed by atoms with E-state index in [1.165, 1.54) is 12.1 Å². The van der Waals surface area contributed by atoms with Crippen molar-refractivity contribution in [2.75, 3.05) is 0 Å². The predicted octanol–water partition coefficient (Wildman–Crippen LogP) is 4.12. The number of carboxylic acids is 1. The van der Waals surface area contributed by atoms with Crippen LogP contribution in [0.2, 0.25) is 5.02 Å². The molecule has 1 heterocycles. The van der Waals surface area contributed by atoms with E-state index in [1.807, 2.05) is 30.3 Å². The summed E-state index contributed by atoms with van der Waals surface area (Å²) in [6.07, 6.45) is 2.88. The second kappa shape index (κ2) is 8.48. The normalized spacial score (nSPS) is 15.7. The van der Waals surface area contributed by atoms with Crippen molar-refractivity contribution < 1.29 is 19.1 Å².